The molecule has 0 radical (unpaired) electrons. The van der Waals surface area contributed by atoms with Gasteiger partial charge in [-0.1, -0.05) is 72.8 Å². The molecule has 45 heavy (non-hydrogen) atoms. The number of imide groups is 1. The first-order valence-corrected chi connectivity index (χ1v) is 16.4. The van der Waals surface area contributed by atoms with Gasteiger partial charge in [0.25, 0.3) is 0 Å². The second-order valence-electron chi connectivity index (χ2n) is 11.9. The van der Waals surface area contributed by atoms with Crippen LogP contribution in [0, 0.1) is 17.8 Å². The van der Waals surface area contributed by atoms with Crippen LogP contribution in [-0.2, 0) is 20.9 Å². The lowest BCUT2D eigenvalue weighted by molar-refractivity contribution is -0.140. The van der Waals surface area contributed by atoms with E-state index in [4.69, 9.17) is 9.47 Å². The third-order valence-corrected chi connectivity index (χ3v) is 10.1. The van der Waals surface area contributed by atoms with Gasteiger partial charge >= 0.3 is 0 Å². The van der Waals surface area contributed by atoms with Gasteiger partial charge in [0.15, 0.2) is 0 Å². The summed E-state index contributed by atoms with van der Waals surface area (Å²) in [5.74, 6) is -0.138. The van der Waals surface area contributed by atoms with Gasteiger partial charge in [-0.2, -0.15) is 0 Å². The molecule has 6 nitrogen and oxygen atoms in total. The van der Waals surface area contributed by atoms with Gasteiger partial charge in [0.2, 0.25) is 11.8 Å². The van der Waals surface area contributed by atoms with Crippen molar-refractivity contribution in [2.24, 2.45) is 17.8 Å². The van der Waals surface area contributed by atoms with Gasteiger partial charge in [-0.05, 0) is 77.3 Å². The van der Waals surface area contributed by atoms with Crippen LogP contribution >= 0.6 is 11.3 Å². The topological polar surface area (TPSA) is 76.1 Å². The maximum atomic E-state index is 13.9. The first-order valence-electron chi connectivity index (χ1n) is 15.5. The van der Waals surface area contributed by atoms with E-state index in [0.29, 0.717) is 39.0 Å². The standard InChI is InChI=1S/C38H35NO5S/c40-33-16-8-7-12-27(33)20-26(25-10-3-1-4-11-25)17-18-34-35-28(23-43-29-13-5-2-6-14-29)21-31-36(32(35)24-44-34)38(42)39(37(31)41)22-30-15-9-19-45-30/h1-16,19-20,31-32,34,36,40H,17-18,21-24H2/b26-20-/t31-,32+,34-,36-/m1/s1. The zero-order chi connectivity index (χ0) is 30.8. The van der Waals surface area contributed by atoms with E-state index in [9.17, 15) is 14.7 Å². The molecule has 3 heterocycles. The van der Waals surface area contributed by atoms with Crippen LogP contribution < -0.4 is 4.74 Å². The summed E-state index contributed by atoms with van der Waals surface area (Å²) in [7, 11) is 0. The van der Waals surface area contributed by atoms with E-state index < -0.39 is 11.8 Å². The molecule has 2 saturated heterocycles. The molecule has 0 bridgehead atoms. The SMILES string of the molecule is O=C1[C@@H]2[C@@H](CC(COc3ccccc3)=C3[C@@H](CC/C(=C/c4ccccc4O)c4ccccc4)OC[C@@H]32)C(=O)N1Cc1cccs1. The number of amides is 2. The fraction of sp³-hybridized carbons (Fsp3) is 0.263. The van der Waals surface area contributed by atoms with Crippen LogP contribution in [0.3, 0.4) is 0 Å². The van der Waals surface area contributed by atoms with Crippen LogP contribution in [0.2, 0.25) is 0 Å². The van der Waals surface area contributed by atoms with Crippen molar-refractivity contribution in [3.8, 4) is 11.5 Å². The van der Waals surface area contributed by atoms with Crippen molar-refractivity contribution in [3.05, 3.63) is 130 Å². The monoisotopic (exact) mass is 617 g/mol. The number of allylic oxidation sites excluding steroid dienone is 1. The van der Waals surface area contributed by atoms with Crippen LogP contribution in [-0.4, -0.2) is 41.1 Å². The molecule has 1 aromatic heterocycles. The van der Waals surface area contributed by atoms with E-state index in [2.05, 4.69) is 12.1 Å². The minimum Gasteiger partial charge on any atom is -0.507 e. The molecular formula is C38H35NO5S. The van der Waals surface area contributed by atoms with E-state index in [1.54, 1.807) is 17.4 Å². The number of para-hydroxylation sites is 2. The first-order chi connectivity index (χ1) is 22.1. The highest BCUT2D eigenvalue weighted by atomic mass is 32.1. The number of phenolic OH excluding ortho intramolecular Hbond substituents is 1. The lowest BCUT2D eigenvalue weighted by Gasteiger charge is -2.32. The van der Waals surface area contributed by atoms with E-state index >= 15 is 0 Å². The lowest BCUT2D eigenvalue weighted by atomic mass is 9.69. The summed E-state index contributed by atoms with van der Waals surface area (Å²) in [5, 5.41) is 12.5. The zero-order valence-electron chi connectivity index (χ0n) is 24.9. The number of ether oxygens (including phenoxy) is 2. The minimum atomic E-state index is -0.414. The Bertz CT molecular complexity index is 1730. The molecule has 7 rings (SSSR count). The normalized spacial score (nSPS) is 22.9. The van der Waals surface area contributed by atoms with Crippen molar-refractivity contribution in [2.45, 2.75) is 31.9 Å². The fourth-order valence-electron chi connectivity index (χ4n) is 7.11. The van der Waals surface area contributed by atoms with Gasteiger partial charge in [0.05, 0.1) is 31.1 Å². The highest BCUT2D eigenvalue weighted by molar-refractivity contribution is 7.09. The average Bonchev–Trinajstić information content (AvgIpc) is 3.80. The molecule has 7 heteroatoms. The van der Waals surface area contributed by atoms with Crippen LogP contribution in [0.4, 0.5) is 0 Å². The number of aromatic hydroxyl groups is 1. The van der Waals surface area contributed by atoms with Gasteiger partial charge in [0, 0.05) is 16.4 Å². The zero-order valence-corrected chi connectivity index (χ0v) is 25.7. The van der Waals surface area contributed by atoms with E-state index in [-0.39, 0.29) is 29.6 Å². The molecule has 3 aliphatic rings. The second kappa shape index (κ2) is 12.9. The summed E-state index contributed by atoms with van der Waals surface area (Å²) in [4.78, 5) is 30.1. The lowest BCUT2D eigenvalue weighted by Crippen LogP contribution is -2.35. The highest BCUT2D eigenvalue weighted by Gasteiger charge is 2.57. The Morgan fingerprint density at radius 1 is 0.911 bits per heavy atom. The highest BCUT2D eigenvalue weighted by Crippen LogP contribution is 2.50. The molecule has 4 atom stereocenters. The number of benzene rings is 3. The Morgan fingerprint density at radius 3 is 2.42 bits per heavy atom. The molecule has 1 aliphatic carbocycles. The van der Waals surface area contributed by atoms with E-state index in [1.165, 1.54) is 4.90 Å². The third kappa shape index (κ3) is 5.98. The maximum Gasteiger partial charge on any atom is 0.234 e. The van der Waals surface area contributed by atoms with Crippen molar-refractivity contribution in [1.29, 1.82) is 0 Å². The number of carbonyl (C=O) groups is 2. The molecule has 0 unspecified atom stereocenters. The molecule has 0 saturated carbocycles. The van der Waals surface area contributed by atoms with E-state index in [0.717, 1.165) is 38.5 Å². The van der Waals surface area contributed by atoms with Crippen molar-refractivity contribution in [2.75, 3.05) is 13.2 Å². The van der Waals surface area contributed by atoms with Crippen LogP contribution in [0.5, 0.6) is 11.5 Å². The predicted molar refractivity (Wildman–Crippen MR) is 175 cm³/mol. The third-order valence-electron chi connectivity index (χ3n) is 9.24. The summed E-state index contributed by atoms with van der Waals surface area (Å²) >= 11 is 1.56. The molecule has 2 fully saturated rings. The quantitative estimate of drug-likeness (QED) is 0.114. The number of likely N-dealkylation sites (tertiary alicyclic amines) is 1. The van der Waals surface area contributed by atoms with E-state index in [1.807, 2.05) is 90.3 Å². The van der Waals surface area contributed by atoms with Crippen LogP contribution in [0.25, 0.3) is 11.6 Å². The Kier molecular flexibility index (Phi) is 8.37. The molecule has 1 N–H and O–H groups in total. The van der Waals surface area contributed by atoms with Gasteiger partial charge < -0.3 is 14.6 Å². The summed E-state index contributed by atoms with van der Waals surface area (Å²) in [5.41, 5.74) is 5.13. The molecule has 2 amide bonds. The predicted octanol–water partition coefficient (Wildman–Crippen LogP) is 7.37. The number of hydrogen-bond donors (Lipinski definition) is 1. The maximum absolute atomic E-state index is 13.9. The average molecular weight is 618 g/mol. The summed E-state index contributed by atoms with van der Waals surface area (Å²) < 4.78 is 12.8. The van der Waals surface area contributed by atoms with Gasteiger partial charge in [-0.15, -0.1) is 11.3 Å². The van der Waals surface area contributed by atoms with Crippen molar-refractivity contribution in [1.82, 2.24) is 4.90 Å². The Labute approximate surface area is 267 Å². The van der Waals surface area contributed by atoms with Crippen molar-refractivity contribution in [3.63, 3.8) is 0 Å². The second-order valence-corrected chi connectivity index (χ2v) is 12.9. The Hall–Kier alpha value is -4.46. The van der Waals surface area contributed by atoms with Crippen LogP contribution in [0.1, 0.15) is 35.3 Å². The number of nitrogens with zero attached hydrogens (tertiary/aromatic N) is 1. The number of phenols is 1. The van der Waals surface area contributed by atoms with Crippen molar-refractivity contribution < 1.29 is 24.2 Å². The number of rotatable bonds is 10. The number of thiophene rings is 1. The fourth-order valence-corrected chi connectivity index (χ4v) is 7.80. The molecule has 228 valence electrons. The number of hydrogen-bond acceptors (Lipinski definition) is 6. The largest absolute Gasteiger partial charge is 0.507 e. The first kappa shape index (κ1) is 29.3. The summed E-state index contributed by atoms with van der Waals surface area (Å²) in [6.07, 6.45) is 3.75. The Balaban J connectivity index is 1.18. The minimum absolute atomic E-state index is 0.0856. The molecule has 4 aromatic rings. The molecular weight excluding hydrogens is 582 g/mol. The summed E-state index contributed by atoms with van der Waals surface area (Å²) in [6, 6.07) is 31.2. The number of carbonyl (C=O) groups excluding carboxylic acids is 2. The number of fused-ring (bicyclic) bond motifs is 3. The van der Waals surface area contributed by atoms with Crippen LogP contribution in [0.15, 0.2) is 114 Å². The molecule has 2 aliphatic heterocycles. The smallest absolute Gasteiger partial charge is 0.234 e. The van der Waals surface area contributed by atoms with Gasteiger partial charge in [-0.25, -0.2) is 0 Å². The Morgan fingerprint density at radius 2 is 1.67 bits per heavy atom. The van der Waals surface area contributed by atoms with Gasteiger partial charge in [-0.3, -0.25) is 14.5 Å². The van der Waals surface area contributed by atoms with Crippen molar-refractivity contribution >= 4 is 34.8 Å². The molecule has 0 spiro atoms. The molecule has 3 aromatic carbocycles. The summed E-state index contributed by atoms with van der Waals surface area (Å²) in [6.45, 7) is 1.08. The van der Waals surface area contributed by atoms with Gasteiger partial charge in [0.1, 0.15) is 18.1 Å².